The van der Waals surface area contributed by atoms with Gasteiger partial charge in [0.25, 0.3) is 0 Å². The van der Waals surface area contributed by atoms with Gasteiger partial charge in [0.1, 0.15) is 24.7 Å². The van der Waals surface area contributed by atoms with Gasteiger partial charge < -0.3 is 39.0 Å². The first-order valence-electron chi connectivity index (χ1n) is 17.0. The summed E-state index contributed by atoms with van der Waals surface area (Å²) in [5.41, 5.74) is -1.04. The summed E-state index contributed by atoms with van der Waals surface area (Å²) in [4.78, 5) is 54.1. The Hall–Kier alpha value is -2.54. The van der Waals surface area contributed by atoms with Crippen LogP contribution in [0.4, 0.5) is 4.79 Å². The SMILES string of the molecule is CC[C@H]1OC(=O)[C@H](C)C(=O)[C@H](C)[C@@H](O[C@@H]2O[C@H](C)C[C@H](N(C)C)[C@H]2O)C(C)(C)C[C@@H](C)/C(=C\COC(C)=O)[C@H](C)[C@H]2NC(=O)O[C@@]21C. The van der Waals surface area contributed by atoms with Crippen LogP contribution in [0.3, 0.4) is 0 Å². The lowest BCUT2D eigenvalue weighted by atomic mass is 9.68. The fourth-order valence-electron chi connectivity index (χ4n) is 8.04. The van der Waals surface area contributed by atoms with E-state index in [2.05, 4.69) is 12.2 Å². The van der Waals surface area contributed by atoms with Gasteiger partial charge in [0.15, 0.2) is 17.7 Å². The molecule has 0 bridgehead atoms. The number of alkyl carbamates (subject to hydrolysis) is 1. The van der Waals surface area contributed by atoms with Crippen molar-refractivity contribution in [2.45, 2.75) is 137 Å². The second-order valence-corrected chi connectivity index (χ2v) is 15.0. The Morgan fingerprint density at radius 3 is 2.30 bits per heavy atom. The molecule has 3 rings (SSSR count). The molecule has 0 aromatic rings. The number of hydrogen-bond donors (Lipinski definition) is 2. The number of carbonyl (C=O) groups excluding carboxylic acids is 4. The van der Waals surface area contributed by atoms with Crippen molar-refractivity contribution in [1.29, 1.82) is 0 Å². The molecular formula is C35H58N2O10. The van der Waals surface area contributed by atoms with Crippen molar-refractivity contribution in [3.63, 3.8) is 0 Å². The van der Waals surface area contributed by atoms with Crippen molar-refractivity contribution < 1.29 is 48.0 Å². The molecule has 0 radical (unpaired) electrons. The minimum Gasteiger partial charge on any atom is -0.462 e. The Labute approximate surface area is 280 Å². The Balaban J connectivity index is 2.14. The van der Waals surface area contributed by atoms with Crippen molar-refractivity contribution in [3.05, 3.63) is 11.6 Å². The molecule has 0 aromatic heterocycles. The van der Waals surface area contributed by atoms with E-state index in [0.29, 0.717) is 19.3 Å². The molecule has 2 N–H and O–H groups in total. The maximum atomic E-state index is 14.1. The molecule has 0 unspecified atom stereocenters. The number of fused-ring (bicyclic) bond motifs is 1. The highest BCUT2D eigenvalue weighted by Crippen LogP contribution is 2.44. The van der Waals surface area contributed by atoms with Crippen molar-refractivity contribution in [2.24, 2.45) is 29.1 Å². The molecule has 1 amide bonds. The highest BCUT2D eigenvalue weighted by molar-refractivity contribution is 6.00. The smallest absolute Gasteiger partial charge is 0.408 e. The predicted molar refractivity (Wildman–Crippen MR) is 174 cm³/mol. The minimum absolute atomic E-state index is 0.0302. The van der Waals surface area contributed by atoms with Gasteiger partial charge in [0, 0.05) is 24.8 Å². The molecular weight excluding hydrogens is 608 g/mol. The summed E-state index contributed by atoms with van der Waals surface area (Å²) in [6, 6.07) is -0.818. The maximum absolute atomic E-state index is 14.1. The molecule has 0 saturated carbocycles. The third-order valence-corrected chi connectivity index (χ3v) is 10.5. The summed E-state index contributed by atoms with van der Waals surface area (Å²) in [6.45, 7) is 18.2. The van der Waals surface area contributed by atoms with Crippen LogP contribution in [0.2, 0.25) is 0 Å². The molecule has 12 heteroatoms. The first kappa shape index (κ1) is 38.9. The van der Waals surface area contributed by atoms with E-state index in [1.54, 1.807) is 13.8 Å². The predicted octanol–water partition coefficient (Wildman–Crippen LogP) is 4.02. The number of cyclic esters (lactones) is 1. The van der Waals surface area contributed by atoms with E-state index >= 15 is 0 Å². The fourth-order valence-corrected chi connectivity index (χ4v) is 8.04. The topological polar surface area (TPSA) is 150 Å². The van der Waals surface area contributed by atoms with Crippen LogP contribution in [-0.4, -0.2) is 103 Å². The summed E-state index contributed by atoms with van der Waals surface area (Å²) < 4.78 is 30.0. The van der Waals surface area contributed by atoms with Gasteiger partial charge >= 0.3 is 18.0 Å². The molecule has 268 valence electrons. The van der Waals surface area contributed by atoms with Crippen LogP contribution in [-0.2, 0) is 38.1 Å². The van der Waals surface area contributed by atoms with Gasteiger partial charge in [-0.1, -0.05) is 47.1 Å². The highest BCUT2D eigenvalue weighted by Gasteiger charge is 2.56. The number of nitrogens with zero attached hydrogens (tertiary/aromatic N) is 1. The number of aliphatic hydroxyl groups excluding tert-OH is 1. The number of likely N-dealkylation sites (N-methyl/N-ethyl adjacent to an activating group) is 1. The molecule has 3 fully saturated rings. The van der Waals surface area contributed by atoms with Gasteiger partial charge in [-0.25, -0.2) is 4.79 Å². The Morgan fingerprint density at radius 1 is 1.09 bits per heavy atom. The number of ether oxygens (including phenoxy) is 5. The van der Waals surface area contributed by atoms with Crippen LogP contribution >= 0.6 is 0 Å². The van der Waals surface area contributed by atoms with Crippen molar-refractivity contribution >= 4 is 23.8 Å². The molecule has 12 nitrogen and oxygen atoms in total. The van der Waals surface area contributed by atoms with E-state index in [1.807, 2.05) is 59.7 Å². The number of rotatable bonds is 6. The highest BCUT2D eigenvalue weighted by atomic mass is 16.7. The summed E-state index contributed by atoms with van der Waals surface area (Å²) in [5, 5.41) is 14.3. The third-order valence-electron chi connectivity index (χ3n) is 10.5. The van der Waals surface area contributed by atoms with Crippen molar-refractivity contribution in [2.75, 3.05) is 20.7 Å². The van der Waals surface area contributed by atoms with E-state index in [9.17, 15) is 24.3 Å². The Morgan fingerprint density at radius 2 is 1.72 bits per heavy atom. The first-order chi connectivity index (χ1) is 21.7. The van der Waals surface area contributed by atoms with Gasteiger partial charge in [-0.3, -0.25) is 14.4 Å². The maximum Gasteiger partial charge on any atom is 0.408 e. The largest absolute Gasteiger partial charge is 0.462 e. The zero-order valence-electron chi connectivity index (χ0n) is 30.3. The zero-order chi connectivity index (χ0) is 35.6. The Kier molecular flexibility index (Phi) is 12.7. The molecule has 0 aliphatic carbocycles. The molecule has 47 heavy (non-hydrogen) atoms. The van der Waals surface area contributed by atoms with Gasteiger partial charge in [-0.15, -0.1) is 0 Å². The van der Waals surface area contributed by atoms with E-state index in [0.717, 1.165) is 5.57 Å². The van der Waals surface area contributed by atoms with Crippen LogP contribution < -0.4 is 5.32 Å². The fraction of sp³-hybridized carbons (Fsp3) is 0.829. The van der Waals surface area contributed by atoms with Crippen LogP contribution in [0.25, 0.3) is 0 Å². The quantitative estimate of drug-likeness (QED) is 0.183. The van der Waals surface area contributed by atoms with Crippen molar-refractivity contribution in [1.82, 2.24) is 10.2 Å². The monoisotopic (exact) mass is 666 g/mol. The second-order valence-electron chi connectivity index (χ2n) is 15.0. The number of aliphatic hydroxyl groups is 1. The summed E-state index contributed by atoms with van der Waals surface area (Å²) >= 11 is 0. The normalized spacial score (nSPS) is 41.0. The lowest BCUT2D eigenvalue weighted by Crippen LogP contribution is -2.57. The van der Waals surface area contributed by atoms with Gasteiger partial charge in [-0.05, 0) is 71.5 Å². The van der Waals surface area contributed by atoms with Gasteiger partial charge in [0.2, 0.25) is 0 Å². The minimum atomic E-state index is -1.24. The number of esters is 2. The Bertz CT molecular complexity index is 1190. The number of carbonyl (C=O) groups is 4. The summed E-state index contributed by atoms with van der Waals surface area (Å²) in [6.07, 6.45) is -1.10. The molecule has 0 spiro atoms. The zero-order valence-corrected chi connectivity index (χ0v) is 30.3. The van der Waals surface area contributed by atoms with Gasteiger partial charge in [0.05, 0.1) is 18.2 Å². The standard InChI is InChI=1S/C35H58N2O10/c1-13-26-35(10)29(36-33(42)47-35)20(4)24(14-15-43-23(7)38)18(2)17-34(8,9)30(21(5)27(39)22(6)31(41)45-26)46-32-28(40)25(37(11)12)16-19(3)44-32/h14,18-22,25-26,28-30,32,40H,13,15-17H2,1-12H3,(H,36,42)/b24-14+/t18-,19-,20+,21+,22-,25+,26-,28-,29-,30-,32+,35-/m1/s1. The average molecular weight is 667 g/mol. The number of amides is 1. The first-order valence-corrected chi connectivity index (χ1v) is 17.0. The molecule has 3 aliphatic rings. The number of ketones is 1. The van der Waals surface area contributed by atoms with Crippen LogP contribution in [0, 0.1) is 29.1 Å². The van der Waals surface area contributed by atoms with E-state index in [1.165, 1.54) is 13.8 Å². The number of hydrogen-bond acceptors (Lipinski definition) is 11. The van der Waals surface area contributed by atoms with E-state index in [4.69, 9.17) is 23.7 Å². The van der Waals surface area contributed by atoms with E-state index < -0.39 is 71.5 Å². The second kappa shape index (κ2) is 15.3. The van der Waals surface area contributed by atoms with Crippen LogP contribution in [0.15, 0.2) is 11.6 Å². The lowest BCUT2D eigenvalue weighted by Gasteiger charge is -2.47. The summed E-state index contributed by atoms with van der Waals surface area (Å²) in [7, 11) is 3.79. The average Bonchev–Trinajstić information content (AvgIpc) is 3.29. The third kappa shape index (κ3) is 8.55. The number of Topliss-reactive ketones (excluding diaryl/α,β-unsaturated/α-hetero) is 1. The van der Waals surface area contributed by atoms with Crippen LogP contribution in [0.5, 0.6) is 0 Å². The molecule has 3 saturated heterocycles. The molecule has 0 aromatic carbocycles. The molecule has 3 heterocycles. The lowest BCUT2D eigenvalue weighted by molar-refractivity contribution is -0.285. The number of nitrogens with one attached hydrogen (secondary N) is 1. The van der Waals surface area contributed by atoms with Crippen molar-refractivity contribution in [3.8, 4) is 0 Å². The van der Waals surface area contributed by atoms with Gasteiger partial charge in [-0.2, -0.15) is 0 Å². The molecule has 3 aliphatic heterocycles. The van der Waals surface area contributed by atoms with E-state index in [-0.39, 0.29) is 36.4 Å². The summed E-state index contributed by atoms with van der Waals surface area (Å²) in [5.74, 6) is -3.90. The molecule has 12 atom stereocenters. The van der Waals surface area contributed by atoms with Crippen LogP contribution in [0.1, 0.15) is 88.5 Å².